The molecule has 4 unspecified atom stereocenters. The molecule has 0 radical (unpaired) electrons. The molecule has 2 rings (SSSR count). The van der Waals surface area contributed by atoms with Crippen LogP contribution in [0.1, 0.15) is 25.3 Å². The highest BCUT2D eigenvalue weighted by atomic mass is 35.5. The molecule has 0 aliphatic carbocycles. The van der Waals surface area contributed by atoms with E-state index in [0.717, 1.165) is 6.92 Å². The van der Waals surface area contributed by atoms with Gasteiger partial charge in [-0.05, 0) is 13.0 Å². The van der Waals surface area contributed by atoms with Crippen molar-refractivity contribution >= 4 is 11.6 Å². The molecule has 0 saturated carbocycles. The molecule has 1 aromatic rings. The van der Waals surface area contributed by atoms with E-state index in [2.05, 4.69) is 0 Å². The van der Waals surface area contributed by atoms with Crippen molar-refractivity contribution in [1.82, 2.24) is 0 Å². The van der Waals surface area contributed by atoms with E-state index in [1.54, 1.807) is 18.2 Å². The van der Waals surface area contributed by atoms with E-state index >= 15 is 0 Å². The van der Waals surface area contributed by atoms with Crippen LogP contribution < -0.4 is 4.74 Å². The van der Waals surface area contributed by atoms with E-state index in [4.69, 9.17) is 21.1 Å². The van der Waals surface area contributed by atoms with Crippen LogP contribution in [0.3, 0.4) is 0 Å². The van der Waals surface area contributed by atoms with Crippen LogP contribution in [-0.4, -0.2) is 25.0 Å². The van der Waals surface area contributed by atoms with Crippen molar-refractivity contribution in [2.45, 2.75) is 37.6 Å². The van der Waals surface area contributed by atoms with Gasteiger partial charge in [0, 0.05) is 17.4 Å². The van der Waals surface area contributed by atoms with Crippen LogP contribution in [0.25, 0.3) is 0 Å². The van der Waals surface area contributed by atoms with E-state index in [9.17, 15) is 18.4 Å². The summed E-state index contributed by atoms with van der Waals surface area (Å²) in [5, 5.41) is 9.51. The standard InChI is InChI=1S/C15H15ClF3NO2/c1-8-12(9-5-4-6-10(16)13(9)21-3)11(7-20)22-14(8,2)15(17,18)19/h4-6,8,11-12H,1-3H3. The molecule has 120 valence electrons. The number of methoxy groups -OCH3 is 1. The fourth-order valence-electron chi connectivity index (χ4n) is 2.92. The Balaban J connectivity index is 2.56. The lowest BCUT2D eigenvalue weighted by molar-refractivity contribution is -0.270. The number of hydrogen-bond donors (Lipinski definition) is 0. The van der Waals surface area contributed by atoms with Crippen LogP contribution in [-0.2, 0) is 4.74 Å². The Kier molecular flexibility index (Phi) is 4.33. The molecular weight excluding hydrogens is 319 g/mol. The summed E-state index contributed by atoms with van der Waals surface area (Å²) in [7, 11) is 1.38. The summed E-state index contributed by atoms with van der Waals surface area (Å²) in [5.41, 5.74) is -1.95. The maximum Gasteiger partial charge on any atom is 0.417 e. The van der Waals surface area contributed by atoms with Crippen LogP contribution >= 0.6 is 11.6 Å². The van der Waals surface area contributed by atoms with Gasteiger partial charge in [-0.2, -0.15) is 18.4 Å². The van der Waals surface area contributed by atoms with Crippen LogP contribution in [0.15, 0.2) is 18.2 Å². The summed E-state index contributed by atoms with van der Waals surface area (Å²) >= 11 is 6.04. The van der Waals surface area contributed by atoms with Crippen LogP contribution in [0.2, 0.25) is 5.02 Å². The summed E-state index contributed by atoms with van der Waals surface area (Å²) in [6.45, 7) is 2.40. The van der Waals surface area contributed by atoms with Crippen LogP contribution in [0.4, 0.5) is 13.2 Å². The van der Waals surface area contributed by atoms with Gasteiger partial charge in [-0.1, -0.05) is 30.7 Å². The monoisotopic (exact) mass is 333 g/mol. The van der Waals surface area contributed by atoms with Crippen molar-refractivity contribution in [3.63, 3.8) is 0 Å². The number of benzene rings is 1. The highest BCUT2D eigenvalue weighted by Gasteiger charge is 2.64. The van der Waals surface area contributed by atoms with Gasteiger partial charge in [0.05, 0.1) is 18.2 Å². The highest BCUT2D eigenvalue weighted by molar-refractivity contribution is 6.32. The van der Waals surface area contributed by atoms with Crippen molar-refractivity contribution in [3.8, 4) is 11.8 Å². The van der Waals surface area contributed by atoms with Gasteiger partial charge in [0.15, 0.2) is 11.7 Å². The van der Waals surface area contributed by atoms with E-state index in [-0.39, 0.29) is 10.8 Å². The van der Waals surface area contributed by atoms with E-state index < -0.39 is 29.7 Å². The summed E-state index contributed by atoms with van der Waals surface area (Å²) < 4.78 is 50.4. The first kappa shape index (κ1) is 16.9. The Morgan fingerprint density at radius 3 is 2.55 bits per heavy atom. The van der Waals surface area contributed by atoms with Crippen LogP contribution in [0, 0.1) is 17.2 Å². The van der Waals surface area contributed by atoms with Gasteiger partial charge < -0.3 is 9.47 Å². The quantitative estimate of drug-likeness (QED) is 0.809. The topological polar surface area (TPSA) is 42.2 Å². The van der Waals surface area contributed by atoms with Crippen molar-refractivity contribution in [2.24, 2.45) is 5.92 Å². The Hall–Kier alpha value is -1.45. The zero-order valence-electron chi connectivity index (χ0n) is 12.2. The maximum atomic E-state index is 13.4. The molecule has 1 aromatic carbocycles. The first-order valence-corrected chi connectivity index (χ1v) is 7.01. The predicted molar refractivity (Wildman–Crippen MR) is 74.9 cm³/mol. The second-order valence-corrected chi connectivity index (χ2v) is 5.86. The van der Waals surface area contributed by atoms with Gasteiger partial charge in [-0.25, -0.2) is 0 Å². The Morgan fingerprint density at radius 1 is 1.41 bits per heavy atom. The fourth-order valence-corrected chi connectivity index (χ4v) is 3.18. The number of nitriles is 1. The summed E-state index contributed by atoms with van der Waals surface area (Å²) in [6, 6.07) is 6.63. The molecular formula is C15H15ClF3NO2. The summed E-state index contributed by atoms with van der Waals surface area (Å²) in [4.78, 5) is 0. The van der Waals surface area contributed by atoms with Gasteiger partial charge in [0.1, 0.15) is 5.75 Å². The summed E-state index contributed by atoms with van der Waals surface area (Å²) in [6.07, 6.45) is -5.81. The first-order chi connectivity index (χ1) is 10.2. The molecule has 3 nitrogen and oxygen atoms in total. The molecule has 0 aromatic heterocycles. The summed E-state index contributed by atoms with van der Waals surface area (Å²) in [5.74, 6) is -1.48. The lowest BCUT2D eigenvalue weighted by Crippen LogP contribution is -2.46. The molecule has 0 spiro atoms. The minimum absolute atomic E-state index is 0.274. The number of hydrogen-bond acceptors (Lipinski definition) is 3. The van der Waals surface area contributed by atoms with Crippen molar-refractivity contribution < 1.29 is 22.6 Å². The highest BCUT2D eigenvalue weighted by Crippen LogP contribution is 2.54. The van der Waals surface area contributed by atoms with Gasteiger partial charge in [0.25, 0.3) is 0 Å². The van der Waals surface area contributed by atoms with Gasteiger partial charge in [-0.3, -0.25) is 0 Å². The molecule has 0 N–H and O–H groups in total. The predicted octanol–water partition coefficient (Wildman–Crippen LogP) is 4.31. The third kappa shape index (κ3) is 2.42. The number of ether oxygens (including phenoxy) is 2. The smallest absolute Gasteiger partial charge is 0.417 e. The van der Waals surface area contributed by atoms with Gasteiger partial charge in [0.2, 0.25) is 0 Å². The number of alkyl halides is 3. The maximum absolute atomic E-state index is 13.4. The lowest BCUT2D eigenvalue weighted by Gasteiger charge is -2.31. The van der Waals surface area contributed by atoms with Crippen molar-refractivity contribution in [3.05, 3.63) is 28.8 Å². The van der Waals surface area contributed by atoms with Crippen molar-refractivity contribution in [1.29, 1.82) is 5.26 Å². The molecule has 1 aliphatic rings. The Bertz CT molecular complexity index is 614. The molecule has 4 atom stereocenters. The minimum atomic E-state index is -4.58. The average Bonchev–Trinajstić information content (AvgIpc) is 2.71. The minimum Gasteiger partial charge on any atom is -0.495 e. The first-order valence-electron chi connectivity index (χ1n) is 6.64. The second kappa shape index (κ2) is 5.64. The molecule has 0 amide bonds. The average molecular weight is 334 g/mol. The Labute approximate surface area is 131 Å². The number of rotatable bonds is 2. The molecule has 7 heteroatoms. The molecule has 22 heavy (non-hydrogen) atoms. The molecule has 1 fully saturated rings. The van der Waals surface area contributed by atoms with Gasteiger partial charge >= 0.3 is 6.18 Å². The Morgan fingerprint density at radius 2 is 2.05 bits per heavy atom. The molecule has 1 heterocycles. The second-order valence-electron chi connectivity index (χ2n) is 5.45. The van der Waals surface area contributed by atoms with Crippen LogP contribution in [0.5, 0.6) is 5.75 Å². The molecule has 1 saturated heterocycles. The normalized spacial score (nSPS) is 31.8. The fraction of sp³-hybridized carbons (Fsp3) is 0.533. The van der Waals surface area contributed by atoms with E-state index in [1.807, 2.05) is 6.07 Å². The lowest BCUT2D eigenvalue weighted by atomic mass is 9.77. The number of para-hydroxylation sites is 1. The van der Waals surface area contributed by atoms with E-state index in [0.29, 0.717) is 5.56 Å². The van der Waals surface area contributed by atoms with Crippen molar-refractivity contribution in [2.75, 3.05) is 7.11 Å². The zero-order chi connectivity index (χ0) is 16.7. The van der Waals surface area contributed by atoms with Gasteiger partial charge in [-0.15, -0.1) is 0 Å². The third-order valence-electron chi connectivity index (χ3n) is 4.36. The number of halogens is 4. The number of nitrogens with zero attached hydrogens (tertiary/aromatic N) is 1. The SMILES string of the molecule is COc1c(Cl)cccc1C1C(C#N)OC(C)(C(F)(F)F)C1C. The largest absolute Gasteiger partial charge is 0.495 e. The third-order valence-corrected chi connectivity index (χ3v) is 4.65. The van der Waals surface area contributed by atoms with E-state index in [1.165, 1.54) is 14.0 Å². The zero-order valence-corrected chi connectivity index (χ0v) is 13.0. The molecule has 1 aliphatic heterocycles. The molecule has 0 bridgehead atoms.